The summed E-state index contributed by atoms with van der Waals surface area (Å²) in [6.07, 6.45) is 0. The Labute approximate surface area is 195 Å². The molecule has 162 valence electrons. The van der Waals surface area contributed by atoms with Crippen molar-refractivity contribution < 1.29 is 9.59 Å². The van der Waals surface area contributed by atoms with Gasteiger partial charge in [0.05, 0.1) is 6.54 Å². The lowest BCUT2D eigenvalue weighted by Gasteiger charge is -2.28. The lowest BCUT2D eigenvalue weighted by Crippen LogP contribution is -2.45. The van der Waals surface area contributed by atoms with E-state index in [9.17, 15) is 9.59 Å². The van der Waals surface area contributed by atoms with Crippen molar-refractivity contribution in [2.45, 2.75) is 12.1 Å². The van der Waals surface area contributed by atoms with Crippen LogP contribution in [0.2, 0.25) is 0 Å². The summed E-state index contributed by atoms with van der Waals surface area (Å²) in [4.78, 5) is 29.2. The quantitative estimate of drug-likeness (QED) is 0.568. The molecule has 4 rings (SSSR count). The SMILES string of the molecule is CN(C)C(=O)c1cccc(CN2C(=N)N[C@@](c3ccccc3)(c3ccc(Br)cc3)C2=O)c1. The average Bonchev–Trinajstić information content (AvgIpc) is 3.05. The summed E-state index contributed by atoms with van der Waals surface area (Å²) in [6, 6.07) is 24.1. The molecule has 7 heteroatoms. The molecule has 0 aromatic heterocycles. The van der Waals surface area contributed by atoms with E-state index in [-0.39, 0.29) is 24.3 Å². The van der Waals surface area contributed by atoms with Crippen LogP contribution < -0.4 is 5.32 Å². The first-order valence-corrected chi connectivity index (χ1v) is 10.9. The number of carbonyl (C=O) groups excluding carboxylic acids is 2. The smallest absolute Gasteiger partial charge is 0.264 e. The molecule has 2 N–H and O–H groups in total. The van der Waals surface area contributed by atoms with Crippen LogP contribution in [0.25, 0.3) is 0 Å². The van der Waals surface area contributed by atoms with Gasteiger partial charge in [0.15, 0.2) is 11.5 Å². The Hall–Kier alpha value is -3.45. The molecule has 0 spiro atoms. The molecule has 1 heterocycles. The first-order valence-electron chi connectivity index (χ1n) is 10.1. The van der Waals surface area contributed by atoms with Gasteiger partial charge in [-0.3, -0.25) is 19.9 Å². The second-order valence-corrected chi connectivity index (χ2v) is 8.80. The highest BCUT2D eigenvalue weighted by atomic mass is 79.9. The standard InChI is InChI=1S/C25H23BrN4O2/c1-29(2)22(31)18-8-6-7-17(15-18)16-30-23(32)25(28-24(30)27,19-9-4-3-5-10-19)20-11-13-21(26)14-12-20/h3-15H,16H2,1-2H3,(H2,27,28)/t25-/m0/s1. The molecule has 32 heavy (non-hydrogen) atoms. The van der Waals surface area contributed by atoms with Crippen molar-refractivity contribution in [3.63, 3.8) is 0 Å². The van der Waals surface area contributed by atoms with E-state index in [2.05, 4.69) is 21.2 Å². The van der Waals surface area contributed by atoms with Crippen LogP contribution >= 0.6 is 15.9 Å². The Morgan fingerprint density at radius 2 is 1.66 bits per heavy atom. The number of benzene rings is 3. The van der Waals surface area contributed by atoms with E-state index in [1.165, 1.54) is 9.80 Å². The molecule has 6 nitrogen and oxygen atoms in total. The average molecular weight is 491 g/mol. The van der Waals surface area contributed by atoms with E-state index >= 15 is 0 Å². The topological polar surface area (TPSA) is 76.5 Å². The van der Waals surface area contributed by atoms with Crippen molar-refractivity contribution in [1.82, 2.24) is 15.1 Å². The van der Waals surface area contributed by atoms with Gasteiger partial charge in [-0.1, -0.05) is 70.5 Å². The van der Waals surface area contributed by atoms with Crippen molar-refractivity contribution in [3.8, 4) is 0 Å². The van der Waals surface area contributed by atoms with Crippen LogP contribution in [0.4, 0.5) is 0 Å². The van der Waals surface area contributed by atoms with Crippen molar-refractivity contribution >= 4 is 33.7 Å². The third-order valence-corrected chi connectivity index (χ3v) is 6.08. The van der Waals surface area contributed by atoms with Gasteiger partial charge < -0.3 is 10.2 Å². The molecule has 0 radical (unpaired) electrons. The lowest BCUT2D eigenvalue weighted by atomic mass is 9.82. The van der Waals surface area contributed by atoms with Crippen LogP contribution in [0.15, 0.2) is 83.3 Å². The first kappa shape index (κ1) is 21.8. The largest absolute Gasteiger partial charge is 0.345 e. The maximum atomic E-state index is 13.9. The van der Waals surface area contributed by atoms with Crippen LogP contribution in [0.5, 0.6) is 0 Å². The molecule has 0 unspecified atom stereocenters. The third kappa shape index (κ3) is 3.80. The molecule has 0 saturated carbocycles. The Morgan fingerprint density at radius 1 is 1.00 bits per heavy atom. The molecule has 3 aromatic rings. The highest BCUT2D eigenvalue weighted by Gasteiger charge is 2.52. The van der Waals surface area contributed by atoms with Crippen LogP contribution in [0.1, 0.15) is 27.0 Å². The molecular weight excluding hydrogens is 468 g/mol. The predicted octanol–water partition coefficient (Wildman–Crippen LogP) is 3.96. The summed E-state index contributed by atoms with van der Waals surface area (Å²) in [5, 5.41) is 11.8. The predicted molar refractivity (Wildman–Crippen MR) is 127 cm³/mol. The van der Waals surface area contributed by atoms with Gasteiger partial charge in [0.1, 0.15) is 0 Å². The summed E-state index contributed by atoms with van der Waals surface area (Å²) in [5.41, 5.74) is 1.63. The summed E-state index contributed by atoms with van der Waals surface area (Å²) < 4.78 is 0.907. The van der Waals surface area contributed by atoms with Gasteiger partial charge in [-0.2, -0.15) is 0 Å². The molecule has 0 bridgehead atoms. The minimum absolute atomic E-state index is 0.0195. The van der Waals surface area contributed by atoms with E-state index < -0.39 is 5.54 Å². The van der Waals surface area contributed by atoms with Gasteiger partial charge in [0, 0.05) is 24.1 Å². The maximum Gasteiger partial charge on any atom is 0.264 e. The molecular formula is C25H23BrN4O2. The summed E-state index contributed by atoms with van der Waals surface area (Å²) >= 11 is 3.45. The van der Waals surface area contributed by atoms with Gasteiger partial charge >= 0.3 is 0 Å². The van der Waals surface area contributed by atoms with Crippen molar-refractivity contribution in [1.29, 1.82) is 5.41 Å². The molecule has 1 saturated heterocycles. The molecule has 2 amide bonds. The van der Waals surface area contributed by atoms with Gasteiger partial charge in [-0.05, 0) is 41.0 Å². The minimum atomic E-state index is -1.20. The summed E-state index contributed by atoms with van der Waals surface area (Å²) in [7, 11) is 3.40. The maximum absolute atomic E-state index is 13.9. The molecule has 1 atom stereocenters. The fraction of sp³-hybridized carbons (Fsp3) is 0.160. The molecule has 1 aliphatic heterocycles. The monoisotopic (exact) mass is 490 g/mol. The van der Waals surface area contributed by atoms with Crippen LogP contribution in [0.3, 0.4) is 0 Å². The van der Waals surface area contributed by atoms with Crippen LogP contribution in [-0.4, -0.2) is 41.7 Å². The Morgan fingerprint density at radius 3 is 2.31 bits per heavy atom. The van der Waals surface area contributed by atoms with Crippen molar-refractivity contribution in [3.05, 3.63) is 106 Å². The van der Waals surface area contributed by atoms with Crippen LogP contribution in [-0.2, 0) is 16.9 Å². The fourth-order valence-corrected chi connectivity index (χ4v) is 4.21. The number of nitrogens with zero attached hydrogens (tertiary/aromatic N) is 2. The zero-order valence-corrected chi connectivity index (χ0v) is 19.4. The second-order valence-electron chi connectivity index (χ2n) is 7.89. The highest BCUT2D eigenvalue weighted by Crippen LogP contribution is 2.37. The number of guanidine groups is 1. The van der Waals surface area contributed by atoms with Crippen LogP contribution in [0, 0.1) is 5.41 Å². The van der Waals surface area contributed by atoms with E-state index in [0.29, 0.717) is 5.56 Å². The lowest BCUT2D eigenvalue weighted by molar-refractivity contribution is -0.130. The first-order chi connectivity index (χ1) is 15.3. The molecule has 1 aliphatic rings. The third-order valence-electron chi connectivity index (χ3n) is 5.55. The van der Waals surface area contributed by atoms with Gasteiger partial charge in [0.25, 0.3) is 11.8 Å². The number of carbonyl (C=O) groups is 2. The number of amides is 2. The summed E-state index contributed by atoms with van der Waals surface area (Å²) in [5.74, 6) is -0.326. The molecule has 3 aromatic carbocycles. The highest BCUT2D eigenvalue weighted by molar-refractivity contribution is 9.10. The normalized spacial score (nSPS) is 17.9. The number of halogens is 1. The zero-order chi connectivity index (χ0) is 22.9. The van der Waals surface area contributed by atoms with E-state index in [1.54, 1.807) is 32.3 Å². The number of hydrogen-bond donors (Lipinski definition) is 2. The van der Waals surface area contributed by atoms with E-state index in [1.807, 2.05) is 60.7 Å². The second kappa shape index (κ2) is 8.59. The Balaban J connectivity index is 1.73. The van der Waals surface area contributed by atoms with Crippen molar-refractivity contribution in [2.24, 2.45) is 0 Å². The number of nitrogens with one attached hydrogen (secondary N) is 2. The number of hydrogen-bond acceptors (Lipinski definition) is 3. The van der Waals surface area contributed by atoms with Gasteiger partial charge in [-0.15, -0.1) is 0 Å². The molecule has 1 fully saturated rings. The van der Waals surface area contributed by atoms with Gasteiger partial charge in [-0.25, -0.2) is 0 Å². The Bertz CT molecular complexity index is 1180. The zero-order valence-electron chi connectivity index (χ0n) is 17.8. The van der Waals surface area contributed by atoms with Gasteiger partial charge in [0.2, 0.25) is 0 Å². The van der Waals surface area contributed by atoms with Crippen molar-refractivity contribution in [2.75, 3.05) is 14.1 Å². The Kier molecular flexibility index (Phi) is 5.84. The summed E-state index contributed by atoms with van der Waals surface area (Å²) in [6.45, 7) is 0.185. The van der Waals surface area contributed by atoms with E-state index in [0.717, 1.165) is 21.2 Å². The van der Waals surface area contributed by atoms with E-state index in [4.69, 9.17) is 5.41 Å². The molecule has 0 aliphatic carbocycles. The number of rotatable bonds is 5. The minimum Gasteiger partial charge on any atom is -0.345 e. The fourth-order valence-electron chi connectivity index (χ4n) is 3.94.